The molecular weight excluding hydrogens is 218 g/mol. The average Bonchev–Trinajstić information content (AvgIpc) is 2.81. The van der Waals surface area contributed by atoms with Gasteiger partial charge in [-0.1, -0.05) is 12.1 Å². The lowest BCUT2D eigenvalue weighted by Crippen LogP contribution is -2.23. The third-order valence-corrected chi connectivity index (χ3v) is 3.87. The molecule has 0 aromatic heterocycles. The highest BCUT2D eigenvalue weighted by Gasteiger charge is 2.17. The molecule has 0 amide bonds. The Kier molecular flexibility index (Phi) is 4.13. The molecule has 1 aromatic carbocycles. The van der Waals surface area contributed by atoms with Crippen LogP contribution in [-0.4, -0.2) is 26.0 Å². The summed E-state index contributed by atoms with van der Waals surface area (Å²) in [6.07, 6.45) is 5.76. The molecule has 1 unspecified atom stereocenters. The van der Waals surface area contributed by atoms with E-state index in [1.807, 2.05) is 0 Å². The highest BCUT2D eigenvalue weighted by atomic mass is 32.2. The van der Waals surface area contributed by atoms with Gasteiger partial charge in [-0.05, 0) is 43.7 Å². The van der Waals surface area contributed by atoms with Crippen molar-refractivity contribution in [2.45, 2.75) is 30.2 Å². The maximum atomic E-state index is 5.53. The molecule has 2 rings (SSSR count). The molecule has 88 valence electrons. The smallest absolute Gasteiger partial charge is 0.135 e. The van der Waals surface area contributed by atoms with E-state index in [2.05, 4.69) is 29.8 Å². The summed E-state index contributed by atoms with van der Waals surface area (Å²) in [7, 11) is 1.76. The van der Waals surface area contributed by atoms with Crippen LogP contribution < -0.4 is 10.1 Å². The first-order chi connectivity index (χ1) is 7.85. The van der Waals surface area contributed by atoms with Gasteiger partial charge in [-0.15, -0.1) is 11.8 Å². The zero-order valence-corrected chi connectivity index (χ0v) is 10.8. The van der Waals surface area contributed by atoms with Crippen molar-refractivity contribution in [1.29, 1.82) is 0 Å². The summed E-state index contributed by atoms with van der Waals surface area (Å²) in [5, 5.41) is 3.53. The van der Waals surface area contributed by atoms with E-state index >= 15 is 0 Å². The second-order valence-electron chi connectivity index (χ2n) is 4.15. The first-order valence-corrected chi connectivity index (χ1v) is 7.01. The fourth-order valence-corrected chi connectivity index (χ4v) is 2.93. The van der Waals surface area contributed by atoms with Crippen molar-refractivity contribution >= 4 is 11.8 Å². The van der Waals surface area contributed by atoms with Crippen LogP contribution >= 0.6 is 11.8 Å². The molecular formula is C13H19NOS. The fraction of sp³-hybridized carbons (Fsp3) is 0.538. The molecule has 0 aliphatic carbocycles. The van der Waals surface area contributed by atoms with E-state index < -0.39 is 0 Å². The lowest BCUT2D eigenvalue weighted by molar-refractivity contribution is 0.397. The molecule has 16 heavy (non-hydrogen) atoms. The summed E-state index contributed by atoms with van der Waals surface area (Å²) >= 11 is 1.75. The molecule has 1 heterocycles. The van der Waals surface area contributed by atoms with Crippen LogP contribution in [0.15, 0.2) is 23.1 Å². The molecule has 1 aliphatic heterocycles. The van der Waals surface area contributed by atoms with Gasteiger partial charge < -0.3 is 10.1 Å². The van der Waals surface area contributed by atoms with Gasteiger partial charge in [0.15, 0.2) is 0 Å². The van der Waals surface area contributed by atoms with E-state index in [0.717, 1.165) is 18.7 Å². The molecule has 0 spiro atoms. The maximum Gasteiger partial charge on any atom is 0.135 e. The molecule has 2 nitrogen and oxygen atoms in total. The van der Waals surface area contributed by atoms with E-state index in [1.54, 1.807) is 18.9 Å². The van der Waals surface area contributed by atoms with Crippen LogP contribution in [0.4, 0.5) is 0 Å². The molecule has 3 heteroatoms. The molecule has 0 radical (unpaired) electrons. The van der Waals surface area contributed by atoms with E-state index in [4.69, 9.17) is 4.74 Å². The number of rotatable bonds is 4. The summed E-state index contributed by atoms with van der Waals surface area (Å²) < 4.78 is 5.53. The monoisotopic (exact) mass is 237 g/mol. The first kappa shape index (κ1) is 11.8. The van der Waals surface area contributed by atoms with Crippen LogP contribution in [0, 0.1) is 0 Å². The van der Waals surface area contributed by atoms with Gasteiger partial charge in [-0.2, -0.15) is 0 Å². The lowest BCUT2D eigenvalue weighted by Gasteiger charge is -2.15. The highest BCUT2D eigenvalue weighted by Crippen LogP contribution is 2.32. The summed E-state index contributed by atoms with van der Waals surface area (Å²) in [5.41, 5.74) is 1.33. The zero-order valence-electron chi connectivity index (χ0n) is 9.95. The van der Waals surface area contributed by atoms with E-state index in [0.29, 0.717) is 6.04 Å². The Bertz CT molecular complexity index is 348. The standard InChI is InChI=1S/C13H19NOS/c1-15-13-10(5-3-7-12(13)16-2)9-11-6-4-8-14-11/h3,5,7,11,14H,4,6,8-9H2,1-2H3. The van der Waals surface area contributed by atoms with Crippen molar-refractivity contribution in [3.8, 4) is 5.75 Å². The number of hydrogen-bond acceptors (Lipinski definition) is 3. The predicted molar refractivity (Wildman–Crippen MR) is 69.5 cm³/mol. The van der Waals surface area contributed by atoms with Crippen molar-refractivity contribution in [3.63, 3.8) is 0 Å². The van der Waals surface area contributed by atoms with Crippen molar-refractivity contribution < 1.29 is 4.74 Å². The summed E-state index contributed by atoms with van der Waals surface area (Å²) in [6.45, 7) is 1.16. The first-order valence-electron chi connectivity index (χ1n) is 5.78. The molecule has 0 saturated carbocycles. The highest BCUT2D eigenvalue weighted by molar-refractivity contribution is 7.98. The van der Waals surface area contributed by atoms with Crippen molar-refractivity contribution in [3.05, 3.63) is 23.8 Å². The Morgan fingerprint density at radius 2 is 2.38 bits per heavy atom. The summed E-state index contributed by atoms with van der Waals surface area (Å²) in [6, 6.07) is 7.05. The minimum absolute atomic E-state index is 0.631. The largest absolute Gasteiger partial charge is 0.495 e. The third kappa shape index (κ3) is 2.53. The Balaban J connectivity index is 2.18. The zero-order chi connectivity index (χ0) is 11.4. The third-order valence-electron chi connectivity index (χ3n) is 3.11. The second-order valence-corrected chi connectivity index (χ2v) is 5.00. The summed E-state index contributed by atoms with van der Waals surface area (Å²) in [4.78, 5) is 1.23. The summed E-state index contributed by atoms with van der Waals surface area (Å²) in [5.74, 6) is 1.06. The second kappa shape index (κ2) is 5.60. The topological polar surface area (TPSA) is 21.3 Å². The molecule has 1 aliphatic rings. The Morgan fingerprint density at radius 1 is 1.50 bits per heavy atom. The quantitative estimate of drug-likeness (QED) is 0.814. The molecule has 1 saturated heterocycles. The number of methoxy groups -OCH3 is 1. The van der Waals surface area contributed by atoms with Gasteiger partial charge in [0.25, 0.3) is 0 Å². The van der Waals surface area contributed by atoms with Gasteiger partial charge in [-0.3, -0.25) is 0 Å². The number of ether oxygens (including phenoxy) is 1. The molecule has 1 atom stereocenters. The fourth-order valence-electron chi connectivity index (χ4n) is 2.31. The normalized spacial score (nSPS) is 20.0. The lowest BCUT2D eigenvalue weighted by atomic mass is 10.0. The minimum atomic E-state index is 0.631. The molecule has 1 aromatic rings. The van der Waals surface area contributed by atoms with Crippen LogP contribution in [-0.2, 0) is 6.42 Å². The van der Waals surface area contributed by atoms with Gasteiger partial charge in [0.05, 0.1) is 7.11 Å². The molecule has 1 N–H and O–H groups in total. The van der Waals surface area contributed by atoms with Gasteiger partial charge in [0, 0.05) is 10.9 Å². The van der Waals surface area contributed by atoms with Crippen LogP contribution in [0.1, 0.15) is 18.4 Å². The number of thioether (sulfide) groups is 1. The Morgan fingerprint density at radius 3 is 3.00 bits per heavy atom. The Hall–Kier alpha value is -0.670. The van der Waals surface area contributed by atoms with Gasteiger partial charge >= 0.3 is 0 Å². The molecule has 0 bridgehead atoms. The number of hydrogen-bond donors (Lipinski definition) is 1. The van der Waals surface area contributed by atoms with Crippen LogP contribution in [0.25, 0.3) is 0 Å². The SMILES string of the molecule is COc1c(CC2CCCN2)cccc1SC. The maximum absolute atomic E-state index is 5.53. The number of nitrogens with one attached hydrogen (secondary N) is 1. The van der Waals surface area contributed by atoms with Crippen LogP contribution in [0.5, 0.6) is 5.75 Å². The average molecular weight is 237 g/mol. The van der Waals surface area contributed by atoms with Gasteiger partial charge in [-0.25, -0.2) is 0 Å². The number of para-hydroxylation sites is 1. The number of benzene rings is 1. The van der Waals surface area contributed by atoms with Crippen molar-refractivity contribution in [1.82, 2.24) is 5.32 Å². The van der Waals surface area contributed by atoms with Gasteiger partial charge in [0.1, 0.15) is 5.75 Å². The van der Waals surface area contributed by atoms with Crippen molar-refractivity contribution in [2.24, 2.45) is 0 Å². The van der Waals surface area contributed by atoms with Gasteiger partial charge in [0.2, 0.25) is 0 Å². The van der Waals surface area contributed by atoms with E-state index in [9.17, 15) is 0 Å². The van der Waals surface area contributed by atoms with Crippen LogP contribution in [0.2, 0.25) is 0 Å². The predicted octanol–water partition coefficient (Wildman–Crippen LogP) is 2.71. The Labute approximate surface area is 102 Å². The van der Waals surface area contributed by atoms with E-state index in [-0.39, 0.29) is 0 Å². The van der Waals surface area contributed by atoms with E-state index in [1.165, 1.54) is 23.3 Å². The molecule has 1 fully saturated rings. The van der Waals surface area contributed by atoms with Crippen LogP contribution in [0.3, 0.4) is 0 Å². The van der Waals surface area contributed by atoms with Crippen molar-refractivity contribution in [2.75, 3.05) is 19.9 Å². The minimum Gasteiger partial charge on any atom is -0.495 e.